The standard InChI is InChI=1S/C17H30N2O8S.Na/c1-2-3-4-5-6-7-8-9-10-11-14(20)27-17-16(22)18-13(15(21)19-17)12-26-28(23,24)25;/h13,17H,2-12H2,1H3,(H,18,22)(H,19,21)(H,23,24,25);/q;+1/p-1/t13-,17-;/m0./s1. The van der Waals surface area contributed by atoms with E-state index in [4.69, 9.17) is 9.29 Å². The van der Waals surface area contributed by atoms with Crippen molar-refractivity contribution in [2.45, 2.75) is 83.4 Å². The molecule has 0 aliphatic carbocycles. The summed E-state index contributed by atoms with van der Waals surface area (Å²) in [6.07, 6.45) is 8.36. The largest absolute Gasteiger partial charge is 1.00 e. The molecular formula is C17H29N2NaO8S. The number of rotatable bonds is 14. The number of aliphatic imine (C=N–C) groups is 1. The predicted molar refractivity (Wildman–Crippen MR) is 98.6 cm³/mol. The average molecular weight is 444 g/mol. The second-order valence-electron chi connectivity index (χ2n) is 6.66. The zero-order valence-corrected chi connectivity index (χ0v) is 19.9. The molecule has 12 heteroatoms. The Balaban J connectivity index is 0.00000784. The molecule has 0 bridgehead atoms. The van der Waals surface area contributed by atoms with Gasteiger partial charge in [-0.3, -0.25) is 19.1 Å². The molecule has 1 amide bonds. The zero-order chi connectivity index (χ0) is 21.0. The quantitative estimate of drug-likeness (QED) is 0.133. The Bertz CT molecular complexity index is 641. The van der Waals surface area contributed by atoms with E-state index >= 15 is 0 Å². The first-order valence-electron chi connectivity index (χ1n) is 9.59. The van der Waals surface area contributed by atoms with Gasteiger partial charge in [0.1, 0.15) is 0 Å². The molecule has 1 heterocycles. The van der Waals surface area contributed by atoms with E-state index in [1.165, 1.54) is 32.1 Å². The summed E-state index contributed by atoms with van der Waals surface area (Å²) >= 11 is 0. The molecule has 0 aromatic heterocycles. The molecule has 0 fully saturated rings. The van der Waals surface area contributed by atoms with Crippen LogP contribution in [0.1, 0.15) is 71.1 Å². The molecule has 0 saturated carbocycles. The van der Waals surface area contributed by atoms with Crippen LogP contribution in [0.2, 0.25) is 0 Å². The zero-order valence-electron chi connectivity index (χ0n) is 17.1. The second kappa shape index (κ2) is 15.1. The van der Waals surface area contributed by atoms with Gasteiger partial charge in [-0.05, 0) is 12.3 Å². The molecule has 29 heavy (non-hydrogen) atoms. The average Bonchev–Trinajstić information content (AvgIpc) is 2.61. The number of esters is 1. The van der Waals surface area contributed by atoms with Crippen LogP contribution in [0, 0.1) is 0 Å². The van der Waals surface area contributed by atoms with Crippen LogP contribution in [0.15, 0.2) is 4.99 Å². The number of nitrogens with one attached hydrogen (secondary N) is 1. The number of unbranched alkanes of at least 4 members (excludes halogenated alkanes) is 8. The molecule has 0 aromatic carbocycles. The molecular weight excluding hydrogens is 415 g/mol. The SMILES string of the molecule is CCCCCCCCCCCC(=O)O[C@@H]1N=C([O-])[C@H](COS(=O)(=O)O)NC1=O.[Na+]. The van der Waals surface area contributed by atoms with Crippen molar-refractivity contribution in [2.75, 3.05) is 6.61 Å². The second-order valence-corrected chi connectivity index (χ2v) is 7.75. The monoisotopic (exact) mass is 444 g/mol. The molecule has 2 atom stereocenters. The molecule has 0 radical (unpaired) electrons. The maximum absolute atomic E-state index is 11.8. The van der Waals surface area contributed by atoms with Gasteiger partial charge in [-0.1, -0.05) is 58.3 Å². The molecule has 0 aromatic rings. The van der Waals surface area contributed by atoms with Gasteiger partial charge in [-0.2, -0.15) is 8.42 Å². The molecule has 0 saturated heterocycles. The van der Waals surface area contributed by atoms with Crippen molar-refractivity contribution in [1.29, 1.82) is 0 Å². The van der Waals surface area contributed by atoms with Crippen molar-refractivity contribution < 1.29 is 66.1 Å². The molecule has 0 spiro atoms. The van der Waals surface area contributed by atoms with Crippen LogP contribution >= 0.6 is 0 Å². The Morgan fingerprint density at radius 3 is 2.24 bits per heavy atom. The van der Waals surface area contributed by atoms with Gasteiger partial charge in [-0.15, -0.1) is 0 Å². The van der Waals surface area contributed by atoms with Crippen molar-refractivity contribution in [3.8, 4) is 0 Å². The molecule has 1 aliphatic heterocycles. The van der Waals surface area contributed by atoms with E-state index in [2.05, 4.69) is 21.4 Å². The topological polar surface area (TPSA) is 154 Å². The Hall–Kier alpha value is -0.720. The first-order valence-corrected chi connectivity index (χ1v) is 11.0. The smallest absolute Gasteiger partial charge is 0.860 e. The fourth-order valence-corrected chi connectivity index (χ4v) is 2.99. The summed E-state index contributed by atoms with van der Waals surface area (Å²) in [6, 6.07) is -1.37. The third-order valence-corrected chi connectivity index (χ3v) is 4.63. The first kappa shape index (κ1) is 28.3. The van der Waals surface area contributed by atoms with Crippen molar-refractivity contribution in [1.82, 2.24) is 5.32 Å². The maximum atomic E-state index is 11.8. The van der Waals surface area contributed by atoms with Crippen LogP contribution in [0.25, 0.3) is 0 Å². The van der Waals surface area contributed by atoms with Gasteiger partial charge in [0.05, 0.1) is 12.6 Å². The van der Waals surface area contributed by atoms with E-state index in [0.29, 0.717) is 6.42 Å². The van der Waals surface area contributed by atoms with Gasteiger partial charge in [0.15, 0.2) is 0 Å². The minimum Gasteiger partial charge on any atom is -0.860 e. The van der Waals surface area contributed by atoms with Gasteiger partial charge in [0, 0.05) is 6.42 Å². The molecule has 10 nitrogen and oxygen atoms in total. The fourth-order valence-electron chi connectivity index (χ4n) is 2.68. The van der Waals surface area contributed by atoms with Crippen LogP contribution in [0.3, 0.4) is 0 Å². The van der Waals surface area contributed by atoms with Crippen LogP contribution in [0.5, 0.6) is 0 Å². The van der Waals surface area contributed by atoms with Gasteiger partial charge in [0.25, 0.3) is 12.1 Å². The van der Waals surface area contributed by atoms with Crippen molar-refractivity contribution in [3.05, 3.63) is 0 Å². The summed E-state index contributed by atoms with van der Waals surface area (Å²) in [5, 5.41) is 13.9. The van der Waals surface area contributed by atoms with Crippen LogP contribution in [-0.4, -0.2) is 49.6 Å². The van der Waals surface area contributed by atoms with Gasteiger partial charge < -0.3 is 15.2 Å². The van der Waals surface area contributed by atoms with Crippen LogP contribution in [-0.2, 0) is 28.9 Å². The number of carbonyl (C=O) groups excluding carboxylic acids is 2. The minimum absolute atomic E-state index is 0. The Labute approximate surface area is 194 Å². The number of hydrogen-bond donors (Lipinski definition) is 2. The van der Waals surface area contributed by atoms with E-state index in [1.807, 2.05) is 0 Å². The third-order valence-electron chi connectivity index (χ3n) is 4.19. The van der Waals surface area contributed by atoms with E-state index in [1.54, 1.807) is 0 Å². The van der Waals surface area contributed by atoms with E-state index in [0.717, 1.165) is 19.3 Å². The Morgan fingerprint density at radius 1 is 1.14 bits per heavy atom. The number of ether oxygens (including phenoxy) is 1. The molecule has 1 aliphatic rings. The van der Waals surface area contributed by atoms with Crippen molar-refractivity contribution >= 4 is 28.2 Å². The van der Waals surface area contributed by atoms with Crippen molar-refractivity contribution in [2.24, 2.45) is 4.99 Å². The number of carbonyl (C=O) groups is 2. The summed E-state index contributed by atoms with van der Waals surface area (Å²) in [5.41, 5.74) is 0. The molecule has 1 rings (SSSR count). The number of nitrogens with zero attached hydrogens (tertiary/aromatic N) is 1. The van der Waals surface area contributed by atoms with E-state index in [-0.39, 0.29) is 36.0 Å². The number of amides is 1. The Morgan fingerprint density at radius 2 is 1.69 bits per heavy atom. The van der Waals surface area contributed by atoms with Crippen molar-refractivity contribution in [3.63, 3.8) is 0 Å². The summed E-state index contributed by atoms with van der Waals surface area (Å²) in [6.45, 7) is 1.38. The normalized spacial score (nSPS) is 19.1. The minimum atomic E-state index is -4.75. The fraction of sp³-hybridized carbons (Fsp3) is 0.824. The van der Waals surface area contributed by atoms with Gasteiger partial charge in [0.2, 0.25) is 0 Å². The first-order chi connectivity index (χ1) is 13.2. The predicted octanol–water partition coefficient (Wildman–Crippen LogP) is -2.14. The molecule has 162 valence electrons. The van der Waals surface area contributed by atoms with Gasteiger partial charge >= 0.3 is 45.9 Å². The summed E-state index contributed by atoms with van der Waals surface area (Å²) in [4.78, 5) is 27.1. The third kappa shape index (κ3) is 13.2. The maximum Gasteiger partial charge on any atom is 1.00 e. The van der Waals surface area contributed by atoms with Crippen LogP contribution < -0.4 is 40.0 Å². The van der Waals surface area contributed by atoms with E-state index in [9.17, 15) is 23.1 Å². The molecule has 2 N–H and O–H groups in total. The number of hydrogen-bond acceptors (Lipinski definition) is 8. The Kier molecular flexibility index (Phi) is 14.8. The van der Waals surface area contributed by atoms with E-state index < -0.39 is 47.0 Å². The van der Waals surface area contributed by atoms with Gasteiger partial charge in [-0.25, -0.2) is 4.18 Å². The summed E-state index contributed by atoms with van der Waals surface area (Å²) < 4.78 is 38.4. The summed E-state index contributed by atoms with van der Waals surface area (Å²) in [7, 11) is -4.75. The van der Waals surface area contributed by atoms with Crippen LogP contribution in [0.4, 0.5) is 0 Å². The molecule has 0 unspecified atom stereocenters. The summed E-state index contributed by atoms with van der Waals surface area (Å²) in [5.74, 6) is -2.40.